The zero-order valence-electron chi connectivity index (χ0n) is 11.5. The zero-order valence-corrected chi connectivity index (χ0v) is 11.5. The van der Waals surface area contributed by atoms with Crippen molar-refractivity contribution in [3.8, 4) is 0 Å². The second-order valence-corrected chi connectivity index (χ2v) is 5.53. The molecule has 19 heavy (non-hydrogen) atoms. The summed E-state index contributed by atoms with van der Waals surface area (Å²) >= 11 is 0. The van der Waals surface area contributed by atoms with Crippen LogP contribution in [0.3, 0.4) is 0 Å². The van der Waals surface area contributed by atoms with Crippen LogP contribution < -0.4 is 5.73 Å². The molecular weight excluding hydrogens is 234 g/mol. The van der Waals surface area contributed by atoms with Gasteiger partial charge in [-0.05, 0) is 56.1 Å². The molecule has 1 saturated heterocycles. The molecule has 2 heterocycles. The van der Waals surface area contributed by atoms with Crippen LogP contribution >= 0.6 is 0 Å². The Hall–Kier alpha value is -1.61. The number of nitrogen functional groups attached to an aromatic ring is 1. The number of aromatic nitrogens is 1. The van der Waals surface area contributed by atoms with Crippen molar-refractivity contribution in [3.05, 3.63) is 35.5 Å². The molecule has 2 aromatic rings. The minimum absolute atomic E-state index is 0.823. The standard InChI is InChI=1S/C16H21N3/c1-12-15(17)6-5-14-9-13(10-18-16(12)14)11-19-7-3-2-4-8-19/h5-6,9-10H,2-4,7-8,11,17H2,1H3. The predicted molar refractivity (Wildman–Crippen MR) is 80.0 cm³/mol. The topological polar surface area (TPSA) is 42.1 Å². The number of fused-ring (bicyclic) bond motifs is 1. The second kappa shape index (κ2) is 5.17. The molecular formula is C16H21N3. The van der Waals surface area contributed by atoms with Crippen LogP contribution in [0.25, 0.3) is 10.9 Å². The van der Waals surface area contributed by atoms with Gasteiger partial charge in [-0.15, -0.1) is 0 Å². The van der Waals surface area contributed by atoms with Crippen LogP contribution in [0.15, 0.2) is 24.4 Å². The monoisotopic (exact) mass is 255 g/mol. The van der Waals surface area contributed by atoms with E-state index in [1.54, 1.807) is 0 Å². The predicted octanol–water partition coefficient (Wildman–Crippen LogP) is 3.11. The van der Waals surface area contributed by atoms with Gasteiger partial charge in [0.25, 0.3) is 0 Å². The lowest BCUT2D eigenvalue weighted by atomic mass is 10.1. The number of aryl methyl sites for hydroxylation is 1. The summed E-state index contributed by atoms with van der Waals surface area (Å²) in [5, 5.41) is 1.20. The normalized spacial score (nSPS) is 16.9. The van der Waals surface area contributed by atoms with Gasteiger partial charge in [-0.3, -0.25) is 9.88 Å². The van der Waals surface area contributed by atoms with E-state index < -0.39 is 0 Å². The number of nitrogens with zero attached hydrogens (tertiary/aromatic N) is 2. The molecule has 0 bridgehead atoms. The van der Waals surface area contributed by atoms with E-state index in [1.807, 2.05) is 19.2 Å². The van der Waals surface area contributed by atoms with Gasteiger partial charge in [0.05, 0.1) is 5.52 Å². The van der Waals surface area contributed by atoms with E-state index >= 15 is 0 Å². The van der Waals surface area contributed by atoms with Crippen LogP contribution in [0.5, 0.6) is 0 Å². The average Bonchev–Trinajstić information content (AvgIpc) is 2.44. The van der Waals surface area contributed by atoms with E-state index in [4.69, 9.17) is 5.73 Å². The quantitative estimate of drug-likeness (QED) is 0.838. The first kappa shape index (κ1) is 12.4. The van der Waals surface area contributed by atoms with E-state index in [1.165, 1.54) is 43.3 Å². The van der Waals surface area contributed by atoms with Crippen LogP contribution in [0.2, 0.25) is 0 Å². The van der Waals surface area contributed by atoms with Crippen molar-refractivity contribution >= 4 is 16.6 Å². The Labute approximate surface area is 114 Å². The fourth-order valence-electron chi connectivity index (χ4n) is 2.87. The summed E-state index contributed by atoms with van der Waals surface area (Å²) in [4.78, 5) is 7.12. The summed E-state index contributed by atoms with van der Waals surface area (Å²) in [7, 11) is 0. The largest absolute Gasteiger partial charge is 0.398 e. The number of nitrogens with two attached hydrogens (primary N) is 1. The van der Waals surface area contributed by atoms with E-state index in [-0.39, 0.29) is 0 Å². The number of benzene rings is 1. The molecule has 0 atom stereocenters. The van der Waals surface area contributed by atoms with Gasteiger partial charge in [-0.25, -0.2) is 0 Å². The Morgan fingerprint density at radius 2 is 2.00 bits per heavy atom. The number of hydrogen-bond acceptors (Lipinski definition) is 3. The molecule has 0 radical (unpaired) electrons. The van der Waals surface area contributed by atoms with Crippen LogP contribution in [0.1, 0.15) is 30.4 Å². The first-order chi connectivity index (χ1) is 9.24. The average molecular weight is 255 g/mol. The minimum Gasteiger partial charge on any atom is -0.398 e. The molecule has 0 aliphatic carbocycles. The fourth-order valence-corrected chi connectivity index (χ4v) is 2.87. The highest BCUT2D eigenvalue weighted by Gasteiger charge is 2.11. The molecule has 100 valence electrons. The molecule has 3 nitrogen and oxygen atoms in total. The Morgan fingerprint density at radius 3 is 2.79 bits per heavy atom. The SMILES string of the molecule is Cc1c(N)ccc2cc(CN3CCCCC3)cnc12. The number of anilines is 1. The maximum Gasteiger partial charge on any atom is 0.0751 e. The van der Waals surface area contributed by atoms with E-state index in [2.05, 4.69) is 22.0 Å². The lowest BCUT2D eigenvalue weighted by Crippen LogP contribution is -2.29. The molecule has 1 aromatic heterocycles. The zero-order chi connectivity index (χ0) is 13.2. The van der Waals surface area contributed by atoms with Crippen LogP contribution in [-0.4, -0.2) is 23.0 Å². The highest BCUT2D eigenvalue weighted by Crippen LogP contribution is 2.23. The van der Waals surface area contributed by atoms with Gasteiger partial charge in [0, 0.05) is 23.8 Å². The summed E-state index contributed by atoms with van der Waals surface area (Å²) in [6.45, 7) is 5.50. The van der Waals surface area contributed by atoms with Gasteiger partial charge < -0.3 is 5.73 Å². The minimum atomic E-state index is 0.823. The Kier molecular flexibility index (Phi) is 3.38. The number of pyridine rings is 1. The van der Waals surface area contributed by atoms with Crippen molar-refractivity contribution in [2.24, 2.45) is 0 Å². The summed E-state index contributed by atoms with van der Waals surface area (Å²) in [6.07, 6.45) is 6.04. The van der Waals surface area contributed by atoms with Crippen LogP contribution in [0, 0.1) is 6.92 Å². The molecule has 0 spiro atoms. The molecule has 1 aromatic carbocycles. The van der Waals surface area contributed by atoms with Crippen molar-refractivity contribution in [1.82, 2.24) is 9.88 Å². The van der Waals surface area contributed by atoms with Gasteiger partial charge in [0.15, 0.2) is 0 Å². The molecule has 3 heteroatoms. The van der Waals surface area contributed by atoms with E-state index in [0.717, 1.165) is 23.3 Å². The second-order valence-electron chi connectivity index (χ2n) is 5.53. The molecule has 1 aliphatic rings. The first-order valence-electron chi connectivity index (χ1n) is 7.10. The third-order valence-electron chi connectivity index (χ3n) is 4.06. The third-order valence-corrected chi connectivity index (χ3v) is 4.06. The summed E-state index contributed by atoms with van der Waals surface area (Å²) in [6, 6.07) is 6.30. The van der Waals surface area contributed by atoms with Crippen molar-refractivity contribution in [2.75, 3.05) is 18.8 Å². The highest BCUT2D eigenvalue weighted by atomic mass is 15.1. The van der Waals surface area contributed by atoms with Gasteiger partial charge in [-0.2, -0.15) is 0 Å². The van der Waals surface area contributed by atoms with Crippen LogP contribution in [-0.2, 0) is 6.54 Å². The molecule has 0 unspecified atom stereocenters. The maximum atomic E-state index is 5.93. The third kappa shape index (κ3) is 2.56. The lowest BCUT2D eigenvalue weighted by molar-refractivity contribution is 0.221. The number of hydrogen-bond donors (Lipinski definition) is 1. The van der Waals surface area contributed by atoms with Crippen molar-refractivity contribution in [3.63, 3.8) is 0 Å². The van der Waals surface area contributed by atoms with Gasteiger partial charge in [-0.1, -0.05) is 12.5 Å². The number of piperidine rings is 1. The number of likely N-dealkylation sites (tertiary alicyclic amines) is 1. The smallest absolute Gasteiger partial charge is 0.0751 e. The van der Waals surface area contributed by atoms with Gasteiger partial charge in [0.1, 0.15) is 0 Å². The first-order valence-corrected chi connectivity index (χ1v) is 7.10. The Balaban J connectivity index is 1.87. The number of rotatable bonds is 2. The van der Waals surface area contributed by atoms with Crippen molar-refractivity contribution in [1.29, 1.82) is 0 Å². The van der Waals surface area contributed by atoms with E-state index in [0.29, 0.717) is 0 Å². The fraction of sp³-hybridized carbons (Fsp3) is 0.438. The lowest BCUT2D eigenvalue weighted by Gasteiger charge is -2.26. The molecule has 3 rings (SSSR count). The van der Waals surface area contributed by atoms with E-state index in [9.17, 15) is 0 Å². The molecule has 0 amide bonds. The maximum absolute atomic E-state index is 5.93. The van der Waals surface area contributed by atoms with Crippen LogP contribution in [0.4, 0.5) is 5.69 Å². The Bertz CT molecular complexity index is 586. The molecule has 0 saturated carbocycles. The molecule has 1 aliphatic heterocycles. The van der Waals surface area contributed by atoms with Gasteiger partial charge in [0.2, 0.25) is 0 Å². The summed E-state index contributed by atoms with van der Waals surface area (Å²) < 4.78 is 0. The summed E-state index contributed by atoms with van der Waals surface area (Å²) in [5.41, 5.74) is 10.2. The molecule has 1 fully saturated rings. The summed E-state index contributed by atoms with van der Waals surface area (Å²) in [5.74, 6) is 0. The highest BCUT2D eigenvalue weighted by molar-refractivity contribution is 5.86. The Morgan fingerprint density at radius 1 is 1.21 bits per heavy atom. The van der Waals surface area contributed by atoms with Gasteiger partial charge >= 0.3 is 0 Å². The molecule has 2 N–H and O–H groups in total. The van der Waals surface area contributed by atoms with Crippen molar-refractivity contribution in [2.45, 2.75) is 32.7 Å². The van der Waals surface area contributed by atoms with Crippen molar-refractivity contribution < 1.29 is 0 Å².